The summed E-state index contributed by atoms with van der Waals surface area (Å²) < 4.78 is 0. The Kier molecular flexibility index (Phi) is 3.39. The molecule has 0 amide bonds. The van der Waals surface area contributed by atoms with Crippen LogP contribution in [0.25, 0.3) is 0 Å². The van der Waals surface area contributed by atoms with Crippen LogP contribution in [0, 0.1) is 13.8 Å². The predicted molar refractivity (Wildman–Crippen MR) is 75.2 cm³/mol. The summed E-state index contributed by atoms with van der Waals surface area (Å²) in [6, 6.07) is 10.7. The molecule has 0 aliphatic heterocycles. The summed E-state index contributed by atoms with van der Waals surface area (Å²) in [5.74, 6) is -0.0382. The molecule has 0 aromatic heterocycles. The number of hydrogen-bond donors (Lipinski definition) is 1. The zero-order valence-electron chi connectivity index (χ0n) is 10.3. The van der Waals surface area contributed by atoms with Crippen LogP contribution < -0.4 is 5.73 Å². The molecule has 92 valence electrons. The quantitative estimate of drug-likeness (QED) is 0.659. The summed E-state index contributed by atoms with van der Waals surface area (Å²) in [4.78, 5) is 12.3. The van der Waals surface area contributed by atoms with E-state index in [0.29, 0.717) is 21.8 Å². The lowest BCUT2D eigenvalue weighted by Gasteiger charge is -2.06. The van der Waals surface area contributed by atoms with Crippen molar-refractivity contribution < 1.29 is 4.79 Å². The van der Waals surface area contributed by atoms with Gasteiger partial charge in [0.25, 0.3) is 0 Å². The minimum Gasteiger partial charge on any atom is -0.398 e. The highest BCUT2D eigenvalue weighted by Gasteiger charge is 2.11. The molecule has 0 atom stereocenters. The molecular formula is C15H14ClNO. The molecule has 0 fully saturated rings. The third-order valence-electron chi connectivity index (χ3n) is 2.75. The van der Waals surface area contributed by atoms with Crippen LogP contribution in [0.5, 0.6) is 0 Å². The molecule has 2 aromatic rings. The number of ketones is 1. The van der Waals surface area contributed by atoms with Gasteiger partial charge in [0.05, 0.1) is 10.7 Å². The first-order valence-electron chi connectivity index (χ1n) is 5.65. The smallest absolute Gasteiger partial charge is 0.193 e. The van der Waals surface area contributed by atoms with Gasteiger partial charge in [-0.1, -0.05) is 28.8 Å². The van der Waals surface area contributed by atoms with Crippen LogP contribution in [0.3, 0.4) is 0 Å². The van der Waals surface area contributed by atoms with Gasteiger partial charge in [-0.05, 0) is 44.2 Å². The molecule has 0 saturated heterocycles. The summed E-state index contributed by atoms with van der Waals surface area (Å²) in [6.45, 7) is 3.94. The van der Waals surface area contributed by atoms with Crippen LogP contribution in [0.2, 0.25) is 5.02 Å². The third-order valence-corrected chi connectivity index (χ3v) is 3.07. The molecule has 0 unspecified atom stereocenters. The number of rotatable bonds is 2. The van der Waals surface area contributed by atoms with Crippen LogP contribution in [0.15, 0.2) is 36.4 Å². The molecule has 18 heavy (non-hydrogen) atoms. The van der Waals surface area contributed by atoms with Gasteiger partial charge < -0.3 is 5.73 Å². The average Bonchev–Trinajstić information content (AvgIpc) is 2.30. The number of benzene rings is 2. The van der Waals surface area contributed by atoms with Crippen molar-refractivity contribution in [1.82, 2.24) is 0 Å². The SMILES string of the molecule is Cc1cc(C)cc(C(=O)c2ccc(N)c(Cl)c2)c1. The summed E-state index contributed by atoms with van der Waals surface area (Å²) in [6.07, 6.45) is 0. The molecule has 0 heterocycles. The maximum absolute atomic E-state index is 12.3. The van der Waals surface area contributed by atoms with E-state index in [4.69, 9.17) is 17.3 Å². The van der Waals surface area contributed by atoms with Crippen LogP contribution in [0.4, 0.5) is 5.69 Å². The van der Waals surface area contributed by atoms with Crippen molar-refractivity contribution in [1.29, 1.82) is 0 Å². The molecule has 0 aliphatic rings. The van der Waals surface area contributed by atoms with Crippen molar-refractivity contribution in [3.05, 3.63) is 63.7 Å². The minimum absolute atomic E-state index is 0.0382. The van der Waals surface area contributed by atoms with Gasteiger partial charge in [-0.2, -0.15) is 0 Å². The van der Waals surface area contributed by atoms with Crippen molar-refractivity contribution in [3.63, 3.8) is 0 Å². The highest BCUT2D eigenvalue weighted by atomic mass is 35.5. The van der Waals surface area contributed by atoms with Crippen LogP contribution in [-0.2, 0) is 0 Å². The first kappa shape index (κ1) is 12.7. The Morgan fingerprint density at radius 2 is 1.61 bits per heavy atom. The predicted octanol–water partition coefficient (Wildman–Crippen LogP) is 3.77. The van der Waals surface area contributed by atoms with E-state index in [0.717, 1.165) is 11.1 Å². The van der Waals surface area contributed by atoms with Crippen molar-refractivity contribution in [2.45, 2.75) is 13.8 Å². The van der Waals surface area contributed by atoms with Gasteiger partial charge in [0.1, 0.15) is 0 Å². The first-order chi connectivity index (χ1) is 8.47. The molecule has 0 spiro atoms. The number of nitrogens with two attached hydrogens (primary N) is 1. The molecule has 3 heteroatoms. The van der Waals surface area contributed by atoms with Gasteiger partial charge in [0, 0.05) is 11.1 Å². The van der Waals surface area contributed by atoms with Crippen LogP contribution >= 0.6 is 11.6 Å². The Morgan fingerprint density at radius 3 is 2.17 bits per heavy atom. The van der Waals surface area contributed by atoms with Crippen molar-refractivity contribution in [2.75, 3.05) is 5.73 Å². The first-order valence-corrected chi connectivity index (χ1v) is 6.03. The van der Waals surface area contributed by atoms with Crippen LogP contribution in [-0.4, -0.2) is 5.78 Å². The topological polar surface area (TPSA) is 43.1 Å². The fourth-order valence-electron chi connectivity index (χ4n) is 1.94. The highest BCUT2D eigenvalue weighted by molar-refractivity contribution is 6.33. The van der Waals surface area contributed by atoms with E-state index in [-0.39, 0.29) is 5.78 Å². The molecule has 0 saturated carbocycles. The van der Waals surface area contributed by atoms with E-state index < -0.39 is 0 Å². The van der Waals surface area contributed by atoms with Gasteiger partial charge in [-0.25, -0.2) is 0 Å². The van der Waals surface area contributed by atoms with E-state index in [1.165, 1.54) is 0 Å². The summed E-state index contributed by atoms with van der Waals surface area (Å²) in [5.41, 5.74) is 9.48. The summed E-state index contributed by atoms with van der Waals surface area (Å²) in [5, 5.41) is 0.408. The number of carbonyl (C=O) groups is 1. The van der Waals surface area contributed by atoms with E-state index >= 15 is 0 Å². The zero-order valence-corrected chi connectivity index (χ0v) is 11.1. The highest BCUT2D eigenvalue weighted by Crippen LogP contribution is 2.22. The summed E-state index contributed by atoms with van der Waals surface area (Å²) >= 11 is 5.93. The number of nitrogen functional groups attached to an aromatic ring is 1. The second-order valence-electron chi connectivity index (χ2n) is 4.44. The maximum Gasteiger partial charge on any atom is 0.193 e. The van der Waals surface area contributed by atoms with Crippen molar-refractivity contribution in [2.24, 2.45) is 0 Å². The number of halogens is 1. The molecule has 2 nitrogen and oxygen atoms in total. The van der Waals surface area contributed by atoms with Gasteiger partial charge in [0.15, 0.2) is 5.78 Å². The lowest BCUT2D eigenvalue weighted by molar-refractivity contribution is 0.103. The minimum atomic E-state index is -0.0382. The van der Waals surface area contributed by atoms with Gasteiger partial charge in [-0.3, -0.25) is 4.79 Å². The molecule has 0 aliphatic carbocycles. The van der Waals surface area contributed by atoms with Gasteiger partial charge in [0.2, 0.25) is 0 Å². The van der Waals surface area contributed by atoms with E-state index in [2.05, 4.69) is 0 Å². The lowest BCUT2D eigenvalue weighted by atomic mass is 9.99. The average molecular weight is 260 g/mol. The lowest BCUT2D eigenvalue weighted by Crippen LogP contribution is -2.03. The zero-order chi connectivity index (χ0) is 13.3. The maximum atomic E-state index is 12.3. The fourth-order valence-corrected chi connectivity index (χ4v) is 2.12. The third kappa shape index (κ3) is 2.54. The molecule has 0 radical (unpaired) electrons. The largest absolute Gasteiger partial charge is 0.398 e. The van der Waals surface area contributed by atoms with Gasteiger partial charge in [-0.15, -0.1) is 0 Å². The van der Waals surface area contributed by atoms with Crippen LogP contribution in [0.1, 0.15) is 27.0 Å². The van der Waals surface area contributed by atoms with E-state index in [1.807, 2.05) is 32.0 Å². The second kappa shape index (κ2) is 4.83. The Balaban J connectivity index is 2.44. The van der Waals surface area contributed by atoms with Crippen molar-refractivity contribution >= 4 is 23.1 Å². The molecular weight excluding hydrogens is 246 g/mol. The molecule has 0 bridgehead atoms. The van der Waals surface area contributed by atoms with E-state index in [9.17, 15) is 4.79 Å². The second-order valence-corrected chi connectivity index (χ2v) is 4.85. The Morgan fingerprint density at radius 1 is 1.00 bits per heavy atom. The number of hydrogen-bond acceptors (Lipinski definition) is 2. The van der Waals surface area contributed by atoms with Gasteiger partial charge >= 0.3 is 0 Å². The summed E-state index contributed by atoms with van der Waals surface area (Å²) in [7, 11) is 0. The van der Waals surface area contributed by atoms with Crippen molar-refractivity contribution in [3.8, 4) is 0 Å². The number of anilines is 1. The number of aryl methyl sites for hydroxylation is 2. The fraction of sp³-hybridized carbons (Fsp3) is 0.133. The Labute approximate surface area is 111 Å². The molecule has 2 aromatic carbocycles. The molecule has 2 N–H and O–H groups in total. The standard InChI is InChI=1S/C15H14ClNO/c1-9-5-10(2)7-12(6-9)15(18)11-3-4-14(17)13(16)8-11/h3-8H,17H2,1-2H3. The monoisotopic (exact) mass is 259 g/mol. The Bertz CT molecular complexity index is 600. The Hall–Kier alpha value is -1.80. The molecule has 2 rings (SSSR count). The number of carbonyl (C=O) groups excluding carboxylic acids is 1. The normalized spacial score (nSPS) is 10.4. The van der Waals surface area contributed by atoms with E-state index in [1.54, 1.807) is 18.2 Å².